The number of halogens is 1. The summed E-state index contributed by atoms with van der Waals surface area (Å²) >= 11 is 6.31. The number of fused-ring (bicyclic) bond motifs is 1. The third-order valence-corrected chi connectivity index (χ3v) is 3.23. The van der Waals surface area contributed by atoms with Crippen molar-refractivity contribution in [3.63, 3.8) is 0 Å². The molecule has 0 saturated carbocycles. The predicted molar refractivity (Wildman–Crippen MR) is 66.1 cm³/mol. The molecule has 2 nitrogen and oxygen atoms in total. The van der Waals surface area contributed by atoms with Crippen LogP contribution in [-0.2, 0) is 9.67 Å². The number of carbonyl (C=O) groups is 1. The fourth-order valence-electron chi connectivity index (χ4n) is 1.72. The van der Waals surface area contributed by atoms with E-state index in [1.54, 1.807) is 0 Å². The minimum Gasteiger partial charge on any atom is -0.493 e. The number of para-hydroxylation sites is 1. The lowest BCUT2D eigenvalue weighted by Crippen LogP contribution is -2.33. The van der Waals surface area contributed by atoms with Gasteiger partial charge in [0.05, 0.1) is 6.61 Å². The number of rotatable bonds is 1. The Hall–Kier alpha value is -1.02. The molecule has 2 rings (SSSR count). The first-order valence-electron chi connectivity index (χ1n) is 5.57. The van der Waals surface area contributed by atoms with Gasteiger partial charge < -0.3 is 4.74 Å². The second-order valence-electron chi connectivity index (χ2n) is 3.45. The number of ketones is 1. The molecule has 3 heteroatoms. The molecule has 1 aliphatic rings. The van der Waals surface area contributed by atoms with Gasteiger partial charge in [-0.25, -0.2) is 0 Å². The number of Topliss-reactive ketones (excluding diaryl/α,β-unsaturated/α-hetero) is 1. The summed E-state index contributed by atoms with van der Waals surface area (Å²) in [6.45, 7) is 6.02. The summed E-state index contributed by atoms with van der Waals surface area (Å²) in [5.74, 6) is 0.707. The highest BCUT2D eigenvalue weighted by atomic mass is 35.5. The van der Waals surface area contributed by atoms with E-state index < -0.39 is 4.87 Å². The summed E-state index contributed by atoms with van der Waals surface area (Å²) in [4.78, 5) is 10.6. The Balaban J connectivity index is 0.000000606. The Kier molecular flexibility index (Phi) is 4.36. The minimum absolute atomic E-state index is 0.0186. The molecule has 0 radical (unpaired) electrons. The van der Waals surface area contributed by atoms with Crippen LogP contribution in [0.4, 0.5) is 0 Å². The van der Waals surface area contributed by atoms with E-state index in [1.165, 1.54) is 6.92 Å². The van der Waals surface area contributed by atoms with Crippen LogP contribution >= 0.6 is 11.6 Å². The first-order chi connectivity index (χ1) is 7.64. The van der Waals surface area contributed by atoms with Crippen molar-refractivity contribution >= 4 is 17.4 Å². The predicted octanol–water partition coefficient (Wildman–Crippen LogP) is 3.52. The normalized spacial score (nSPS) is 22.2. The smallest absolute Gasteiger partial charge is 0.155 e. The van der Waals surface area contributed by atoms with Gasteiger partial charge in [-0.15, -0.1) is 11.6 Å². The lowest BCUT2D eigenvalue weighted by Gasteiger charge is -2.31. The van der Waals surface area contributed by atoms with E-state index in [2.05, 4.69) is 0 Å². The zero-order chi connectivity index (χ0) is 12.2. The molecule has 0 amide bonds. The van der Waals surface area contributed by atoms with Crippen molar-refractivity contribution in [1.29, 1.82) is 0 Å². The molecule has 1 aromatic rings. The lowest BCUT2D eigenvalue weighted by molar-refractivity contribution is -0.120. The van der Waals surface area contributed by atoms with Gasteiger partial charge in [-0.1, -0.05) is 32.0 Å². The Morgan fingerprint density at radius 3 is 2.62 bits per heavy atom. The van der Waals surface area contributed by atoms with Gasteiger partial charge in [0, 0.05) is 12.0 Å². The largest absolute Gasteiger partial charge is 0.493 e. The summed E-state index contributed by atoms with van der Waals surface area (Å²) in [5, 5.41) is 0. The summed E-state index contributed by atoms with van der Waals surface area (Å²) in [5.41, 5.74) is 0.792. The molecule has 88 valence electrons. The standard InChI is InChI=1S/C11H11ClO2.C2H6/c1-8(13)11(12)6-7-14-10-5-3-2-4-9(10)11;1-2/h2-5H,6-7H2,1H3;1-2H3. The maximum absolute atomic E-state index is 11.5. The van der Waals surface area contributed by atoms with Crippen molar-refractivity contribution in [2.24, 2.45) is 0 Å². The molecule has 0 saturated heterocycles. The SMILES string of the molecule is CC.CC(=O)C1(Cl)CCOc2ccccc21. The molecular weight excluding hydrogens is 224 g/mol. The molecule has 1 aliphatic heterocycles. The number of ether oxygens (including phenoxy) is 1. The average molecular weight is 241 g/mol. The zero-order valence-corrected chi connectivity index (χ0v) is 10.7. The van der Waals surface area contributed by atoms with Gasteiger partial charge in [-0.3, -0.25) is 4.79 Å². The molecule has 1 heterocycles. The molecule has 0 aromatic heterocycles. The van der Waals surface area contributed by atoms with Gasteiger partial charge in [-0.05, 0) is 13.0 Å². The molecule has 1 unspecified atom stereocenters. The summed E-state index contributed by atoms with van der Waals surface area (Å²) < 4.78 is 5.43. The van der Waals surface area contributed by atoms with Crippen LogP contribution in [0.1, 0.15) is 32.8 Å². The second-order valence-corrected chi connectivity index (χ2v) is 4.10. The molecule has 0 N–H and O–H groups in total. The summed E-state index contributed by atoms with van der Waals surface area (Å²) in [7, 11) is 0. The van der Waals surface area contributed by atoms with Gasteiger partial charge >= 0.3 is 0 Å². The number of hydrogen-bond donors (Lipinski definition) is 0. The summed E-state index contributed by atoms with van der Waals surface area (Å²) in [6.07, 6.45) is 0.543. The van der Waals surface area contributed by atoms with Crippen LogP contribution in [-0.4, -0.2) is 12.4 Å². The van der Waals surface area contributed by atoms with Crippen LogP contribution in [0.5, 0.6) is 5.75 Å². The van der Waals surface area contributed by atoms with Gasteiger partial charge in [-0.2, -0.15) is 0 Å². The molecule has 0 fully saturated rings. The van der Waals surface area contributed by atoms with Gasteiger partial charge in [0.25, 0.3) is 0 Å². The molecule has 0 bridgehead atoms. The van der Waals surface area contributed by atoms with Crippen molar-refractivity contribution in [3.05, 3.63) is 29.8 Å². The third-order valence-electron chi connectivity index (χ3n) is 2.58. The van der Waals surface area contributed by atoms with E-state index in [1.807, 2.05) is 38.1 Å². The molecule has 1 atom stereocenters. The maximum Gasteiger partial charge on any atom is 0.155 e. The summed E-state index contributed by atoms with van der Waals surface area (Å²) in [6, 6.07) is 7.44. The number of carbonyl (C=O) groups excluding carboxylic acids is 1. The maximum atomic E-state index is 11.5. The van der Waals surface area contributed by atoms with E-state index >= 15 is 0 Å². The fraction of sp³-hybridized carbons (Fsp3) is 0.462. The quantitative estimate of drug-likeness (QED) is 0.702. The Bertz CT molecular complexity index is 376. The van der Waals surface area contributed by atoms with Crippen LogP contribution in [0, 0.1) is 0 Å². The van der Waals surface area contributed by atoms with Crippen molar-refractivity contribution in [1.82, 2.24) is 0 Å². The van der Waals surface area contributed by atoms with E-state index in [0.29, 0.717) is 13.0 Å². The number of alkyl halides is 1. The van der Waals surface area contributed by atoms with Crippen molar-refractivity contribution < 1.29 is 9.53 Å². The molecule has 1 aromatic carbocycles. The highest BCUT2D eigenvalue weighted by molar-refractivity contribution is 6.35. The zero-order valence-electron chi connectivity index (χ0n) is 9.92. The molecule has 0 aliphatic carbocycles. The highest BCUT2D eigenvalue weighted by Gasteiger charge is 2.39. The van der Waals surface area contributed by atoms with Crippen LogP contribution in [0.2, 0.25) is 0 Å². The van der Waals surface area contributed by atoms with Crippen molar-refractivity contribution in [2.75, 3.05) is 6.61 Å². The number of hydrogen-bond acceptors (Lipinski definition) is 2. The topological polar surface area (TPSA) is 26.3 Å². The van der Waals surface area contributed by atoms with Gasteiger partial charge in [0.1, 0.15) is 10.6 Å². The van der Waals surface area contributed by atoms with Crippen molar-refractivity contribution in [3.8, 4) is 5.75 Å². The molecular formula is C13H17ClO2. The van der Waals surface area contributed by atoms with Crippen LogP contribution in [0.3, 0.4) is 0 Å². The monoisotopic (exact) mass is 240 g/mol. The van der Waals surface area contributed by atoms with E-state index in [-0.39, 0.29) is 5.78 Å². The molecule has 0 spiro atoms. The average Bonchev–Trinajstić information content (AvgIpc) is 2.32. The lowest BCUT2D eigenvalue weighted by atomic mass is 9.89. The van der Waals surface area contributed by atoms with Crippen LogP contribution in [0.25, 0.3) is 0 Å². The van der Waals surface area contributed by atoms with E-state index in [4.69, 9.17) is 16.3 Å². The highest BCUT2D eigenvalue weighted by Crippen LogP contribution is 2.42. The van der Waals surface area contributed by atoms with E-state index in [9.17, 15) is 4.79 Å². The number of benzene rings is 1. The molecule has 16 heavy (non-hydrogen) atoms. The van der Waals surface area contributed by atoms with Gasteiger partial charge in [0.2, 0.25) is 0 Å². The Morgan fingerprint density at radius 1 is 1.38 bits per heavy atom. The van der Waals surface area contributed by atoms with Crippen molar-refractivity contribution in [2.45, 2.75) is 32.1 Å². The van der Waals surface area contributed by atoms with Crippen LogP contribution < -0.4 is 4.74 Å². The third kappa shape index (κ3) is 2.22. The van der Waals surface area contributed by atoms with Crippen LogP contribution in [0.15, 0.2) is 24.3 Å². The minimum atomic E-state index is -0.880. The van der Waals surface area contributed by atoms with E-state index in [0.717, 1.165) is 11.3 Å². The Labute approximate surface area is 102 Å². The fourth-order valence-corrected chi connectivity index (χ4v) is 1.96. The first kappa shape index (κ1) is 13.0. The second kappa shape index (κ2) is 5.35. The first-order valence-corrected chi connectivity index (χ1v) is 5.94. The van der Waals surface area contributed by atoms with Gasteiger partial charge in [0.15, 0.2) is 5.78 Å². The Morgan fingerprint density at radius 2 is 2.00 bits per heavy atom.